The molecule has 0 bridgehead atoms. The molecule has 0 aromatic heterocycles. The standard InChI is InChI=1S/C34H38Cl3N5O5S/c1-5-47-28-21-27(37)29(48(4,45)46)20-26(28)31-39-33(2,22-6-10-24(35)11-7-22)34(3,23-8-12-25(36)13-9-23)42(31)32(44)41-18-16-40(17-19-41)15-14-30(38)43/h6-13,20-21H,5,14-19H2,1-4H3,(H2,38,43)/t33-,34+/m0/s1. The Hall–Kier alpha value is -3.35. The molecule has 0 aliphatic carbocycles. The van der Waals surface area contributed by atoms with Crippen molar-refractivity contribution in [3.8, 4) is 5.75 Å². The smallest absolute Gasteiger partial charge is 0.326 e. The van der Waals surface area contributed by atoms with Gasteiger partial charge in [-0.25, -0.2) is 13.2 Å². The van der Waals surface area contributed by atoms with Gasteiger partial charge in [0.1, 0.15) is 22.7 Å². The molecule has 2 aliphatic rings. The number of amidine groups is 1. The molecule has 1 saturated heterocycles. The summed E-state index contributed by atoms with van der Waals surface area (Å²) < 4.78 is 31.9. The van der Waals surface area contributed by atoms with Crippen LogP contribution in [-0.4, -0.2) is 86.5 Å². The first-order valence-corrected chi connectivity index (χ1v) is 18.5. The fourth-order valence-corrected chi connectivity index (χ4v) is 7.98. The van der Waals surface area contributed by atoms with E-state index in [1.807, 2.05) is 38.1 Å². The van der Waals surface area contributed by atoms with Crippen LogP contribution < -0.4 is 10.5 Å². The third-order valence-corrected chi connectivity index (χ3v) is 11.3. The molecule has 256 valence electrons. The zero-order chi connectivity index (χ0) is 35.0. The Morgan fingerprint density at radius 3 is 2.00 bits per heavy atom. The summed E-state index contributed by atoms with van der Waals surface area (Å²) in [6.45, 7) is 8.26. The van der Waals surface area contributed by atoms with E-state index in [0.29, 0.717) is 48.3 Å². The minimum Gasteiger partial charge on any atom is -0.493 e. The SMILES string of the molecule is CCOc1cc(Cl)c(S(C)(=O)=O)cc1C1=N[C@@](C)(c2ccc(Cl)cc2)[C@@](C)(c2ccc(Cl)cc2)N1C(=O)N1CCN(CCC(N)=O)CC1. The number of nitrogens with zero attached hydrogens (tertiary/aromatic N) is 4. The Balaban J connectivity index is 1.75. The minimum atomic E-state index is -3.79. The van der Waals surface area contributed by atoms with Gasteiger partial charge in [-0.3, -0.25) is 19.6 Å². The van der Waals surface area contributed by atoms with Gasteiger partial charge in [-0.05, 0) is 62.2 Å². The number of nitrogens with two attached hydrogens (primary N) is 1. The maximum atomic E-state index is 15.0. The van der Waals surface area contributed by atoms with Crippen molar-refractivity contribution in [3.05, 3.63) is 92.4 Å². The minimum absolute atomic E-state index is 0.00539. The average molecular weight is 735 g/mol. The number of urea groups is 1. The Morgan fingerprint density at radius 1 is 0.917 bits per heavy atom. The van der Waals surface area contributed by atoms with E-state index in [1.54, 1.807) is 41.0 Å². The van der Waals surface area contributed by atoms with Gasteiger partial charge >= 0.3 is 6.03 Å². The van der Waals surface area contributed by atoms with Gasteiger partial charge in [0.05, 0.1) is 22.1 Å². The van der Waals surface area contributed by atoms with E-state index in [0.717, 1.165) is 17.4 Å². The van der Waals surface area contributed by atoms with Crippen LogP contribution in [0.4, 0.5) is 4.79 Å². The fraction of sp³-hybridized carbons (Fsp3) is 0.382. The monoisotopic (exact) mass is 733 g/mol. The number of carbonyl (C=O) groups is 2. The Bertz CT molecular complexity index is 1850. The van der Waals surface area contributed by atoms with Crippen LogP contribution in [0, 0.1) is 0 Å². The Labute approximate surface area is 296 Å². The van der Waals surface area contributed by atoms with Crippen molar-refractivity contribution in [1.82, 2.24) is 14.7 Å². The molecule has 10 nitrogen and oxygen atoms in total. The molecule has 0 unspecified atom stereocenters. The molecule has 1 fully saturated rings. The summed E-state index contributed by atoms with van der Waals surface area (Å²) in [7, 11) is -3.79. The van der Waals surface area contributed by atoms with Crippen molar-refractivity contribution in [2.24, 2.45) is 10.7 Å². The summed E-state index contributed by atoms with van der Waals surface area (Å²) >= 11 is 19.2. The van der Waals surface area contributed by atoms with Crippen LogP contribution in [0.15, 0.2) is 70.6 Å². The van der Waals surface area contributed by atoms with Gasteiger partial charge in [0.25, 0.3) is 0 Å². The molecule has 2 aliphatic heterocycles. The molecule has 3 aromatic rings. The first-order chi connectivity index (χ1) is 22.6. The number of sulfone groups is 1. The highest BCUT2D eigenvalue weighted by Crippen LogP contribution is 2.54. The summed E-state index contributed by atoms with van der Waals surface area (Å²) in [6.07, 6.45) is 1.30. The van der Waals surface area contributed by atoms with Crippen molar-refractivity contribution in [2.45, 2.75) is 43.2 Å². The molecule has 0 saturated carbocycles. The second kappa shape index (κ2) is 13.9. The number of benzene rings is 3. The van der Waals surface area contributed by atoms with Crippen LogP contribution >= 0.6 is 34.8 Å². The van der Waals surface area contributed by atoms with Crippen LogP contribution in [0.3, 0.4) is 0 Å². The number of halogens is 3. The van der Waals surface area contributed by atoms with Crippen LogP contribution in [0.1, 0.15) is 43.9 Å². The lowest BCUT2D eigenvalue weighted by atomic mass is 9.71. The largest absolute Gasteiger partial charge is 0.493 e. The number of hydrogen-bond acceptors (Lipinski definition) is 7. The molecule has 2 N–H and O–H groups in total. The van der Waals surface area contributed by atoms with Gasteiger partial charge in [-0.15, -0.1) is 0 Å². The second-order valence-corrected chi connectivity index (χ2v) is 15.5. The summed E-state index contributed by atoms with van der Waals surface area (Å²) in [5.41, 5.74) is 4.87. The lowest BCUT2D eigenvalue weighted by Gasteiger charge is -2.47. The molecule has 2 atom stereocenters. The molecule has 3 aromatic carbocycles. The van der Waals surface area contributed by atoms with Gasteiger partial charge in [0.2, 0.25) is 5.91 Å². The van der Waals surface area contributed by atoms with Gasteiger partial charge in [0, 0.05) is 61.5 Å². The third kappa shape index (κ3) is 6.76. The topological polar surface area (TPSA) is 126 Å². The molecule has 0 radical (unpaired) electrons. The van der Waals surface area contributed by atoms with E-state index in [2.05, 4.69) is 4.90 Å². The molecule has 0 spiro atoms. The van der Waals surface area contributed by atoms with E-state index >= 15 is 4.79 Å². The number of aliphatic imine (C=N–C) groups is 1. The summed E-state index contributed by atoms with van der Waals surface area (Å²) in [5.74, 6) is 0.116. The van der Waals surface area contributed by atoms with E-state index in [-0.39, 0.29) is 46.5 Å². The molecule has 5 rings (SSSR count). The van der Waals surface area contributed by atoms with E-state index in [9.17, 15) is 13.2 Å². The van der Waals surface area contributed by atoms with E-state index in [4.69, 9.17) is 50.3 Å². The highest BCUT2D eigenvalue weighted by molar-refractivity contribution is 7.90. The lowest BCUT2D eigenvalue weighted by molar-refractivity contribution is -0.118. The number of rotatable bonds is 9. The summed E-state index contributed by atoms with van der Waals surface area (Å²) in [6, 6.07) is 17.1. The Kier molecular flexibility index (Phi) is 10.4. The van der Waals surface area contributed by atoms with Gasteiger partial charge in [-0.1, -0.05) is 59.1 Å². The molecule has 48 heavy (non-hydrogen) atoms. The first-order valence-electron chi connectivity index (χ1n) is 15.5. The van der Waals surface area contributed by atoms with Crippen molar-refractivity contribution in [2.75, 3.05) is 45.6 Å². The van der Waals surface area contributed by atoms with Crippen molar-refractivity contribution in [3.63, 3.8) is 0 Å². The molecular weight excluding hydrogens is 697 g/mol. The van der Waals surface area contributed by atoms with Gasteiger partial charge in [0.15, 0.2) is 9.84 Å². The van der Waals surface area contributed by atoms with Crippen LogP contribution in [-0.2, 0) is 25.7 Å². The van der Waals surface area contributed by atoms with Crippen molar-refractivity contribution < 1.29 is 22.7 Å². The van der Waals surface area contributed by atoms with Crippen molar-refractivity contribution in [1.29, 1.82) is 0 Å². The quantitative estimate of drug-likeness (QED) is 0.290. The number of ether oxygens (including phenoxy) is 1. The number of piperazine rings is 1. The van der Waals surface area contributed by atoms with Crippen LogP contribution in [0.25, 0.3) is 0 Å². The molecule has 3 amide bonds. The Morgan fingerprint density at radius 2 is 1.48 bits per heavy atom. The van der Waals surface area contributed by atoms with Gasteiger partial charge < -0.3 is 15.4 Å². The predicted molar refractivity (Wildman–Crippen MR) is 189 cm³/mol. The number of amides is 3. The zero-order valence-electron chi connectivity index (χ0n) is 27.2. The normalized spacial score (nSPS) is 21.7. The van der Waals surface area contributed by atoms with Gasteiger partial charge in [-0.2, -0.15) is 0 Å². The number of carbonyl (C=O) groups excluding carboxylic acids is 2. The predicted octanol–water partition coefficient (Wildman–Crippen LogP) is 5.96. The second-order valence-electron chi connectivity index (χ2n) is 12.2. The maximum absolute atomic E-state index is 15.0. The highest BCUT2D eigenvalue weighted by atomic mass is 35.5. The average Bonchev–Trinajstić information content (AvgIpc) is 3.28. The number of primary amides is 1. The third-order valence-electron chi connectivity index (χ3n) is 9.23. The number of hydrogen-bond donors (Lipinski definition) is 1. The molecule has 14 heteroatoms. The van der Waals surface area contributed by atoms with E-state index in [1.165, 1.54) is 12.1 Å². The fourth-order valence-electron chi connectivity index (χ4n) is 6.41. The molecule has 2 heterocycles. The van der Waals surface area contributed by atoms with Crippen molar-refractivity contribution >= 4 is 62.4 Å². The summed E-state index contributed by atoms with van der Waals surface area (Å²) in [4.78, 5) is 37.1. The lowest BCUT2D eigenvalue weighted by Crippen LogP contribution is -2.60. The van der Waals surface area contributed by atoms with Crippen LogP contribution in [0.5, 0.6) is 5.75 Å². The maximum Gasteiger partial charge on any atom is 0.326 e. The highest BCUT2D eigenvalue weighted by Gasteiger charge is 2.60. The first kappa shape index (κ1) is 35.9. The van der Waals surface area contributed by atoms with Crippen LogP contribution in [0.2, 0.25) is 15.1 Å². The van der Waals surface area contributed by atoms with E-state index < -0.39 is 20.9 Å². The summed E-state index contributed by atoms with van der Waals surface area (Å²) in [5, 5.41) is 1.05. The molecular formula is C34H38Cl3N5O5S. The zero-order valence-corrected chi connectivity index (χ0v) is 30.3.